The van der Waals surface area contributed by atoms with Gasteiger partial charge < -0.3 is 5.73 Å². The van der Waals surface area contributed by atoms with E-state index >= 15 is 0 Å². The predicted octanol–water partition coefficient (Wildman–Crippen LogP) is 1.42. The van der Waals surface area contributed by atoms with Crippen LogP contribution in [0.15, 0.2) is 30.6 Å². The molecular weight excluding hydrogens is 186 g/mol. The Morgan fingerprint density at radius 2 is 2.40 bits per heavy atom. The predicted molar refractivity (Wildman–Crippen MR) is 60.3 cm³/mol. The summed E-state index contributed by atoms with van der Waals surface area (Å²) in [6.07, 6.45) is 4.53. The van der Waals surface area contributed by atoms with Gasteiger partial charge in [0.15, 0.2) is 0 Å². The minimum Gasteiger partial charge on any atom is -0.318 e. The Kier molecular flexibility index (Phi) is 2.70. The first kappa shape index (κ1) is 9.75. The molecule has 2 N–H and O–H groups in total. The van der Waals surface area contributed by atoms with Gasteiger partial charge in [-0.3, -0.25) is 4.40 Å². The van der Waals surface area contributed by atoms with Crippen molar-refractivity contribution in [2.45, 2.75) is 19.4 Å². The molecular formula is C12H13N3. The molecule has 3 heteroatoms. The molecule has 1 atom stereocenters. The maximum atomic E-state index is 5.74. The van der Waals surface area contributed by atoms with E-state index in [1.807, 2.05) is 35.7 Å². The van der Waals surface area contributed by atoms with Crippen LogP contribution in [0.2, 0.25) is 0 Å². The van der Waals surface area contributed by atoms with Crippen LogP contribution in [0.5, 0.6) is 0 Å². The number of aromatic nitrogens is 2. The van der Waals surface area contributed by atoms with Crippen molar-refractivity contribution in [1.82, 2.24) is 9.38 Å². The van der Waals surface area contributed by atoms with Crippen LogP contribution in [0.3, 0.4) is 0 Å². The zero-order valence-corrected chi connectivity index (χ0v) is 8.64. The molecule has 0 aliphatic rings. The van der Waals surface area contributed by atoms with Gasteiger partial charge in [-0.05, 0) is 24.5 Å². The third-order valence-corrected chi connectivity index (χ3v) is 2.25. The number of nitrogens with two attached hydrogens (primary N) is 1. The van der Waals surface area contributed by atoms with Gasteiger partial charge in [0, 0.05) is 12.4 Å². The van der Waals surface area contributed by atoms with Crippen LogP contribution in [0, 0.1) is 11.8 Å². The monoisotopic (exact) mass is 199 g/mol. The number of hydrogen-bond donors (Lipinski definition) is 1. The van der Waals surface area contributed by atoms with Crippen molar-refractivity contribution in [1.29, 1.82) is 0 Å². The Bertz CT molecular complexity index is 516. The maximum Gasteiger partial charge on any atom is 0.137 e. The summed E-state index contributed by atoms with van der Waals surface area (Å²) in [4.78, 5) is 4.19. The smallest absolute Gasteiger partial charge is 0.137 e. The van der Waals surface area contributed by atoms with Gasteiger partial charge in [0.1, 0.15) is 5.65 Å². The average molecular weight is 199 g/mol. The molecule has 0 spiro atoms. The maximum absolute atomic E-state index is 5.74. The molecule has 0 saturated heterocycles. The van der Waals surface area contributed by atoms with Crippen molar-refractivity contribution in [3.63, 3.8) is 0 Å². The molecule has 0 radical (unpaired) electrons. The Morgan fingerprint density at radius 1 is 1.53 bits per heavy atom. The highest BCUT2D eigenvalue weighted by Gasteiger charge is 1.97. The average Bonchev–Trinajstić information content (AvgIpc) is 2.74. The minimum absolute atomic E-state index is 0.0521. The van der Waals surface area contributed by atoms with E-state index in [2.05, 4.69) is 16.8 Å². The number of rotatable bonds is 1. The molecule has 0 saturated carbocycles. The second-order valence-electron chi connectivity index (χ2n) is 3.35. The van der Waals surface area contributed by atoms with E-state index in [9.17, 15) is 0 Å². The lowest BCUT2D eigenvalue weighted by Gasteiger charge is -1.98. The SMILES string of the molecule is CCC(N)C#Cc1cccc2nccn12. The Labute approximate surface area is 88.9 Å². The highest BCUT2D eigenvalue weighted by molar-refractivity contribution is 5.44. The summed E-state index contributed by atoms with van der Waals surface area (Å²) in [5, 5.41) is 0. The van der Waals surface area contributed by atoms with Crippen LogP contribution in [0.25, 0.3) is 5.65 Å². The van der Waals surface area contributed by atoms with Gasteiger partial charge in [0.05, 0.1) is 11.7 Å². The van der Waals surface area contributed by atoms with Crippen LogP contribution in [-0.2, 0) is 0 Å². The lowest BCUT2D eigenvalue weighted by Crippen LogP contribution is -2.15. The molecule has 2 heterocycles. The lowest BCUT2D eigenvalue weighted by atomic mass is 10.2. The number of imidazole rings is 1. The standard InChI is InChI=1S/C12H13N3/c1-2-10(13)6-7-11-4-3-5-12-14-8-9-15(11)12/h3-5,8-10H,2,13H2,1H3. The van der Waals surface area contributed by atoms with Gasteiger partial charge in [-0.15, -0.1) is 0 Å². The first-order valence-corrected chi connectivity index (χ1v) is 5.00. The van der Waals surface area contributed by atoms with E-state index in [1.54, 1.807) is 6.20 Å². The summed E-state index contributed by atoms with van der Waals surface area (Å²) < 4.78 is 1.95. The summed E-state index contributed by atoms with van der Waals surface area (Å²) in [7, 11) is 0. The number of hydrogen-bond acceptors (Lipinski definition) is 2. The topological polar surface area (TPSA) is 43.3 Å². The molecule has 0 bridgehead atoms. The molecule has 2 aromatic rings. The van der Waals surface area contributed by atoms with Crippen molar-refractivity contribution in [2.75, 3.05) is 0 Å². The van der Waals surface area contributed by atoms with Crippen LogP contribution in [0.4, 0.5) is 0 Å². The summed E-state index contributed by atoms with van der Waals surface area (Å²) >= 11 is 0. The van der Waals surface area contributed by atoms with E-state index < -0.39 is 0 Å². The van der Waals surface area contributed by atoms with E-state index in [0.717, 1.165) is 17.8 Å². The molecule has 0 aliphatic heterocycles. The molecule has 15 heavy (non-hydrogen) atoms. The van der Waals surface area contributed by atoms with Crippen LogP contribution in [-0.4, -0.2) is 15.4 Å². The molecule has 3 nitrogen and oxygen atoms in total. The molecule has 0 fully saturated rings. The molecule has 0 amide bonds. The molecule has 0 aliphatic carbocycles. The minimum atomic E-state index is -0.0521. The molecule has 76 valence electrons. The van der Waals surface area contributed by atoms with Crippen molar-refractivity contribution in [3.05, 3.63) is 36.3 Å². The lowest BCUT2D eigenvalue weighted by molar-refractivity contribution is 0.805. The zero-order valence-electron chi connectivity index (χ0n) is 8.64. The van der Waals surface area contributed by atoms with Gasteiger partial charge in [0.2, 0.25) is 0 Å². The Hall–Kier alpha value is -1.79. The first-order chi connectivity index (χ1) is 7.31. The van der Waals surface area contributed by atoms with Gasteiger partial charge in [-0.25, -0.2) is 4.98 Å². The summed E-state index contributed by atoms with van der Waals surface area (Å²) in [5.41, 5.74) is 7.58. The third-order valence-electron chi connectivity index (χ3n) is 2.25. The van der Waals surface area contributed by atoms with E-state index in [4.69, 9.17) is 5.73 Å². The highest BCUT2D eigenvalue weighted by atomic mass is 15.0. The number of nitrogens with zero attached hydrogens (tertiary/aromatic N) is 2. The number of fused-ring (bicyclic) bond motifs is 1. The first-order valence-electron chi connectivity index (χ1n) is 5.00. The van der Waals surface area contributed by atoms with E-state index in [-0.39, 0.29) is 6.04 Å². The van der Waals surface area contributed by atoms with Gasteiger partial charge >= 0.3 is 0 Å². The fourth-order valence-corrected chi connectivity index (χ4v) is 1.32. The van der Waals surface area contributed by atoms with Crippen molar-refractivity contribution in [2.24, 2.45) is 5.73 Å². The molecule has 2 aromatic heterocycles. The molecule has 2 rings (SSSR count). The zero-order chi connectivity index (χ0) is 10.7. The third kappa shape index (κ3) is 2.00. The molecule has 0 aromatic carbocycles. The fraction of sp³-hybridized carbons (Fsp3) is 0.250. The second kappa shape index (κ2) is 4.16. The van der Waals surface area contributed by atoms with E-state index in [1.165, 1.54) is 0 Å². The summed E-state index contributed by atoms with van der Waals surface area (Å²) in [5.74, 6) is 6.08. The molecule has 1 unspecified atom stereocenters. The summed E-state index contributed by atoms with van der Waals surface area (Å²) in [6, 6.07) is 5.81. The van der Waals surface area contributed by atoms with Gasteiger partial charge in [-0.1, -0.05) is 18.9 Å². The Balaban J connectivity index is 2.42. The van der Waals surface area contributed by atoms with Gasteiger partial charge in [0.25, 0.3) is 0 Å². The van der Waals surface area contributed by atoms with Crippen LogP contribution >= 0.6 is 0 Å². The quantitative estimate of drug-likeness (QED) is 0.706. The highest BCUT2D eigenvalue weighted by Crippen LogP contribution is 2.04. The van der Waals surface area contributed by atoms with Gasteiger partial charge in [-0.2, -0.15) is 0 Å². The van der Waals surface area contributed by atoms with E-state index in [0.29, 0.717) is 0 Å². The van der Waals surface area contributed by atoms with Crippen molar-refractivity contribution >= 4 is 5.65 Å². The van der Waals surface area contributed by atoms with Crippen LogP contribution in [0.1, 0.15) is 19.0 Å². The van der Waals surface area contributed by atoms with Crippen LogP contribution < -0.4 is 5.73 Å². The normalized spacial score (nSPS) is 12.1. The van der Waals surface area contributed by atoms with Crippen molar-refractivity contribution in [3.8, 4) is 11.8 Å². The summed E-state index contributed by atoms with van der Waals surface area (Å²) in [6.45, 7) is 2.02. The number of pyridine rings is 1. The largest absolute Gasteiger partial charge is 0.318 e. The second-order valence-corrected chi connectivity index (χ2v) is 3.35. The van der Waals surface area contributed by atoms with Crippen molar-refractivity contribution < 1.29 is 0 Å². The fourth-order valence-electron chi connectivity index (χ4n) is 1.32. The Morgan fingerprint density at radius 3 is 3.20 bits per heavy atom.